The van der Waals surface area contributed by atoms with E-state index < -0.39 is 0 Å². The predicted octanol–water partition coefficient (Wildman–Crippen LogP) is 2.70. The van der Waals surface area contributed by atoms with Gasteiger partial charge in [-0.3, -0.25) is 4.79 Å². The third-order valence-corrected chi connectivity index (χ3v) is 3.63. The highest BCUT2D eigenvalue weighted by atomic mass is 35.5. The summed E-state index contributed by atoms with van der Waals surface area (Å²) in [7, 11) is 1.84. The first-order chi connectivity index (χ1) is 10.2. The van der Waals surface area contributed by atoms with E-state index in [9.17, 15) is 4.79 Å². The molecular formula is C16H25ClN2O3. The fourth-order valence-electron chi connectivity index (χ4n) is 2.37. The standard InChI is InChI=1S/C16H24N2O3.ClH/c1-18(16(19)6-4-2-3-5-9-17)11-13-7-8-14-15(10-13)21-12-20-14;/h7-8,10H,2-6,9,11-12,17H2,1H3;1H. The van der Waals surface area contributed by atoms with Gasteiger partial charge in [-0.05, 0) is 37.1 Å². The molecule has 0 saturated heterocycles. The number of nitrogens with zero attached hydrogens (tertiary/aromatic N) is 1. The Hall–Kier alpha value is -1.46. The Morgan fingerprint density at radius 1 is 1.18 bits per heavy atom. The third-order valence-electron chi connectivity index (χ3n) is 3.63. The number of carbonyl (C=O) groups excluding carboxylic acids is 1. The van der Waals surface area contributed by atoms with Crippen molar-refractivity contribution in [2.75, 3.05) is 20.4 Å². The largest absolute Gasteiger partial charge is 0.454 e. The van der Waals surface area contributed by atoms with E-state index in [2.05, 4.69) is 0 Å². The topological polar surface area (TPSA) is 64.8 Å². The average Bonchev–Trinajstić information content (AvgIpc) is 2.94. The molecule has 2 rings (SSSR count). The van der Waals surface area contributed by atoms with Crippen molar-refractivity contribution in [3.05, 3.63) is 23.8 Å². The molecule has 1 amide bonds. The number of rotatable bonds is 8. The van der Waals surface area contributed by atoms with Gasteiger partial charge in [-0.15, -0.1) is 12.4 Å². The van der Waals surface area contributed by atoms with Crippen LogP contribution in [0.5, 0.6) is 11.5 Å². The van der Waals surface area contributed by atoms with Crippen molar-refractivity contribution in [1.82, 2.24) is 4.90 Å². The minimum atomic E-state index is 0. The number of hydrogen-bond donors (Lipinski definition) is 1. The number of carbonyl (C=O) groups is 1. The number of unbranched alkanes of at least 4 members (excludes halogenated alkanes) is 3. The summed E-state index contributed by atoms with van der Waals surface area (Å²) in [6.07, 6.45) is 4.76. The Labute approximate surface area is 138 Å². The van der Waals surface area contributed by atoms with E-state index in [1.54, 1.807) is 4.90 Å². The van der Waals surface area contributed by atoms with Crippen LogP contribution in [0.4, 0.5) is 0 Å². The lowest BCUT2D eigenvalue weighted by Crippen LogP contribution is -2.25. The molecular weight excluding hydrogens is 304 g/mol. The van der Waals surface area contributed by atoms with Crippen molar-refractivity contribution in [3.8, 4) is 11.5 Å². The molecule has 6 heteroatoms. The van der Waals surface area contributed by atoms with Gasteiger partial charge in [0, 0.05) is 20.0 Å². The maximum absolute atomic E-state index is 12.1. The first kappa shape index (κ1) is 18.6. The number of amides is 1. The third kappa shape index (κ3) is 5.39. The minimum absolute atomic E-state index is 0. The van der Waals surface area contributed by atoms with Crippen molar-refractivity contribution in [2.45, 2.75) is 38.6 Å². The van der Waals surface area contributed by atoms with Crippen LogP contribution in [0.15, 0.2) is 18.2 Å². The zero-order chi connectivity index (χ0) is 15.1. The molecule has 5 nitrogen and oxygen atoms in total. The zero-order valence-electron chi connectivity index (χ0n) is 13.0. The zero-order valence-corrected chi connectivity index (χ0v) is 13.9. The number of benzene rings is 1. The second-order valence-corrected chi connectivity index (χ2v) is 5.39. The van der Waals surface area contributed by atoms with Gasteiger partial charge in [0.2, 0.25) is 12.7 Å². The van der Waals surface area contributed by atoms with Crippen molar-refractivity contribution in [1.29, 1.82) is 0 Å². The summed E-state index contributed by atoms with van der Waals surface area (Å²) in [5, 5.41) is 0. The number of nitrogens with two attached hydrogens (primary N) is 1. The fraction of sp³-hybridized carbons (Fsp3) is 0.562. The molecule has 0 spiro atoms. The SMILES string of the molecule is CN(Cc1ccc2c(c1)OCO2)C(=O)CCCCCCN.Cl. The van der Waals surface area contributed by atoms with Crippen LogP contribution in [0, 0.1) is 0 Å². The van der Waals surface area contributed by atoms with Crippen LogP contribution in [-0.2, 0) is 11.3 Å². The lowest BCUT2D eigenvalue weighted by Gasteiger charge is -2.17. The molecule has 1 aliphatic heterocycles. The van der Waals surface area contributed by atoms with E-state index in [0.29, 0.717) is 13.0 Å². The Kier molecular flexibility index (Phi) is 8.06. The summed E-state index contributed by atoms with van der Waals surface area (Å²) in [5.41, 5.74) is 6.50. The quantitative estimate of drug-likeness (QED) is 0.745. The van der Waals surface area contributed by atoms with Gasteiger partial charge >= 0.3 is 0 Å². The molecule has 1 aliphatic rings. The van der Waals surface area contributed by atoms with E-state index in [0.717, 1.165) is 49.3 Å². The highest BCUT2D eigenvalue weighted by molar-refractivity contribution is 5.85. The van der Waals surface area contributed by atoms with Crippen LogP contribution in [-0.4, -0.2) is 31.2 Å². The van der Waals surface area contributed by atoms with Gasteiger partial charge in [0.15, 0.2) is 11.5 Å². The molecule has 1 aromatic carbocycles. The molecule has 0 bridgehead atoms. The summed E-state index contributed by atoms with van der Waals surface area (Å²) in [6, 6.07) is 5.80. The Morgan fingerprint density at radius 2 is 1.91 bits per heavy atom. The lowest BCUT2D eigenvalue weighted by molar-refractivity contribution is -0.130. The monoisotopic (exact) mass is 328 g/mol. The molecule has 0 atom stereocenters. The number of hydrogen-bond acceptors (Lipinski definition) is 4. The number of ether oxygens (including phenoxy) is 2. The Balaban J connectivity index is 0.00000242. The maximum atomic E-state index is 12.1. The fourth-order valence-corrected chi connectivity index (χ4v) is 2.37. The molecule has 0 radical (unpaired) electrons. The highest BCUT2D eigenvalue weighted by Gasteiger charge is 2.15. The minimum Gasteiger partial charge on any atom is -0.454 e. The lowest BCUT2D eigenvalue weighted by atomic mass is 10.1. The van der Waals surface area contributed by atoms with Crippen molar-refractivity contribution < 1.29 is 14.3 Å². The van der Waals surface area contributed by atoms with Crippen LogP contribution in [0.1, 0.15) is 37.7 Å². The molecule has 0 aliphatic carbocycles. The molecule has 1 heterocycles. The second kappa shape index (κ2) is 9.54. The first-order valence-electron chi connectivity index (χ1n) is 7.53. The summed E-state index contributed by atoms with van der Waals surface area (Å²) in [5.74, 6) is 1.71. The van der Waals surface area contributed by atoms with E-state index in [-0.39, 0.29) is 25.1 Å². The van der Waals surface area contributed by atoms with Gasteiger partial charge in [0.05, 0.1) is 0 Å². The van der Waals surface area contributed by atoms with E-state index in [4.69, 9.17) is 15.2 Å². The molecule has 124 valence electrons. The normalized spacial score (nSPS) is 11.9. The average molecular weight is 329 g/mol. The molecule has 0 aromatic heterocycles. The van der Waals surface area contributed by atoms with Gasteiger partial charge in [-0.2, -0.15) is 0 Å². The first-order valence-corrected chi connectivity index (χ1v) is 7.53. The van der Waals surface area contributed by atoms with E-state index in [1.165, 1.54) is 0 Å². The number of fused-ring (bicyclic) bond motifs is 1. The molecule has 0 saturated carbocycles. The number of halogens is 1. The second-order valence-electron chi connectivity index (χ2n) is 5.39. The molecule has 1 aromatic rings. The van der Waals surface area contributed by atoms with Crippen molar-refractivity contribution in [3.63, 3.8) is 0 Å². The van der Waals surface area contributed by atoms with Crippen LogP contribution in [0.25, 0.3) is 0 Å². The Bertz CT molecular complexity index is 482. The Morgan fingerprint density at radius 3 is 2.68 bits per heavy atom. The molecule has 0 unspecified atom stereocenters. The van der Waals surface area contributed by atoms with Crippen LogP contribution in [0.3, 0.4) is 0 Å². The van der Waals surface area contributed by atoms with E-state index in [1.807, 2.05) is 25.2 Å². The smallest absolute Gasteiger partial charge is 0.231 e. The van der Waals surface area contributed by atoms with Crippen LogP contribution >= 0.6 is 12.4 Å². The van der Waals surface area contributed by atoms with Gasteiger partial charge in [-0.1, -0.05) is 18.9 Å². The summed E-state index contributed by atoms with van der Waals surface area (Å²) >= 11 is 0. The van der Waals surface area contributed by atoms with Gasteiger partial charge < -0.3 is 20.1 Å². The van der Waals surface area contributed by atoms with Crippen LogP contribution < -0.4 is 15.2 Å². The summed E-state index contributed by atoms with van der Waals surface area (Å²) in [4.78, 5) is 13.8. The van der Waals surface area contributed by atoms with Gasteiger partial charge in [0.25, 0.3) is 0 Å². The maximum Gasteiger partial charge on any atom is 0.231 e. The van der Waals surface area contributed by atoms with Gasteiger partial charge in [0.1, 0.15) is 0 Å². The summed E-state index contributed by atoms with van der Waals surface area (Å²) < 4.78 is 10.6. The molecule has 22 heavy (non-hydrogen) atoms. The summed E-state index contributed by atoms with van der Waals surface area (Å²) in [6.45, 7) is 1.60. The van der Waals surface area contributed by atoms with E-state index >= 15 is 0 Å². The van der Waals surface area contributed by atoms with Crippen molar-refractivity contribution in [2.24, 2.45) is 5.73 Å². The van der Waals surface area contributed by atoms with Crippen molar-refractivity contribution >= 4 is 18.3 Å². The molecule has 0 fully saturated rings. The molecule has 2 N–H and O–H groups in total. The highest BCUT2D eigenvalue weighted by Crippen LogP contribution is 2.32. The van der Waals surface area contributed by atoms with Crippen LogP contribution in [0.2, 0.25) is 0 Å². The predicted molar refractivity (Wildman–Crippen MR) is 88.4 cm³/mol. The van der Waals surface area contributed by atoms with Gasteiger partial charge in [-0.25, -0.2) is 0 Å².